The van der Waals surface area contributed by atoms with Crippen molar-refractivity contribution < 1.29 is 50.0 Å². The van der Waals surface area contributed by atoms with E-state index >= 15 is 0 Å². The molecule has 90 valence electrons. The Morgan fingerprint density at radius 1 is 1.19 bits per heavy atom. The molecule has 2 amide bonds. The Hall–Kier alpha value is -0.416. The summed E-state index contributed by atoms with van der Waals surface area (Å²) in [4.78, 5) is 21.8. The van der Waals surface area contributed by atoms with E-state index in [9.17, 15) is 9.59 Å². The van der Waals surface area contributed by atoms with E-state index in [-0.39, 0.29) is 36.6 Å². The van der Waals surface area contributed by atoms with Crippen LogP contribution in [-0.4, -0.2) is 11.8 Å². The Morgan fingerprint density at radius 3 is 2.00 bits per heavy atom. The number of hydrogen-bond acceptors (Lipinski definition) is 2. The van der Waals surface area contributed by atoms with Crippen LogP contribution in [0.25, 0.3) is 0 Å². The number of halogens is 2. The molecular weight excluding hydrogens is 290 g/mol. The van der Waals surface area contributed by atoms with Crippen molar-refractivity contribution in [3.63, 3.8) is 0 Å². The van der Waals surface area contributed by atoms with Crippen LogP contribution in [0.2, 0.25) is 0 Å². The van der Waals surface area contributed by atoms with Crippen LogP contribution in [0.5, 0.6) is 0 Å². The normalized spacial score (nSPS) is 11.8. The van der Waals surface area contributed by atoms with E-state index in [0.29, 0.717) is 0 Å². The predicted octanol–water partition coefficient (Wildman–Crippen LogP) is -5.44. The van der Waals surface area contributed by atoms with Crippen LogP contribution in [0.4, 0.5) is 0 Å². The number of carbonyl (C=O) groups is 2. The summed E-state index contributed by atoms with van der Waals surface area (Å²) in [5.41, 5.74) is 0. The molecule has 2 N–H and O–H groups in total. The van der Waals surface area contributed by atoms with Gasteiger partial charge in [-0.15, -0.1) is 0 Å². The van der Waals surface area contributed by atoms with E-state index < -0.39 is 15.6 Å². The first-order chi connectivity index (χ1) is 6.59. The molecule has 0 radical (unpaired) electrons. The molecule has 1 aliphatic carbocycles. The molecule has 1 rings (SSSR count). The van der Waals surface area contributed by atoms with Crippen LogP contribution in [0.3, 0.4) is 0 Å². The second-order valence-electron chi connectivity index (χ2n) is 2.96. The van der Waals surface area contributed by atoms with Gasteiger partial charge in [-0.1, -0.05) is 0 Å². The molecule has 0 fully saturated rings. The molecule has 4 nitrogen and oxygen atoms in total. The van der Waals surface area contributed by atoms with E-state index in [1.165, 1.54) is 13.8 Å². The Morgan fingerprint density at radius 2 is 1.69 bits per heavy atom. The standard InChI is InChI=1S/C5H5.2C2H5NO.2ClH.V/c1-2-4-5-3-1;2*1-2(3)4;;;/h1-3H,4H2;2*1H3,(H2,3,4);2*1H;/q;;;;;+4/p-4. The van der Waals surface area contributed by atoms with Crippen molar-refractivity contribution in [3.8, 4) is 0 Å². The molecule has 0 atom stereocenters. The third-order valence-electron chi connectivity index (χ3n) is 1.58. The van der Waals surface area contributed by atoms with Crippen LogP contribution < -0.4 is 33.1 Å². The molecule has 0 aliphatic heterocycles. The van der Waals surface area contributed by atoms with Crippen molar-refractivity contribution >= 4 is 11.8 Å². The summed E-state index contributed by atoms with van der Waals surface area (Å²) >= 11 is -1.87. The number of allylic oxidation sites excluding steroid dienone is 4. The molecule has 0 heterocycles. The minimum Gasteiger partial charge on any atom is -1.00 e. The molecule has 0 aromatic rings. The van der Waals surface area contributed by atoms with Crippen LogP contribution in [0, 0.1) is 0 Å². The Labute approximate surface area is 113 Å². The zero-order valence-electron chi connectivity index (χ0n) is 8.96. The molecular formula is C9H13Cl2N2O2V. The van der Waals surface area contributed by atoms with Gasteiger partial charge in [0.25, 0.3) is 0 Å². The van der Waals surface area contributed by atoms with Crippen molar-refractivity contribution in [3.05, 3.63) is 22.5 Å². The molecule has 0 saturated carbocycles. The van der Waals surface area contributed by atoms with Crippen molar-refractivity contribution in [1.29, 1.82) is 0 Å². The van der Waals surface area contributed by atoms with Crippen LogP contribution in [0.1, 0.15) is 20.3 Å². The smallest absolute Gasteiger partial charge is 1.00 e. The van der Waals surface area contributed by atoms with E-state index in [4.69, 9.17) is 0 Å². The fourth-order valence-electron chi connectivity index (χ4n) is 1.09. The van der Waals surface area contributed by atoms with E-state index in [1.807, 2.05) is 18.2 Å². The van der Waals surface area contributed by atoms with Gasteiger partial charge in [0.2, 0.25) is 0 Å². The van der Waals surface area contributed by atoms with Crippen molar-refractivity contribution in [2.24, 2.45) is 0 Å². The summed E-state index contributed by atoms with van der Waals surface area (Å²) in [6.45, 7) is 2.93. The van der Waals surface area contributed by atoms with Gasteiger partial charge in [0.15, 0.2) is 0 Å². The third-order valence-corrected chi connectivity index (χ3v) is 4.67. The van der Waals surface area contributed by atoms with Gasteiger partial charge in [-0.2, -0.15) is 0 Å². The molecule has 0 aromatic heterocycles. The van der Waals surface area contributed by atoms with Crippen LogP contribution in [-0.2, 0) is 25.2 Å². The molecule has 0 unspecified atom stereocenters. The molecule has 1 aliphatic rings. The summed E-state index contributed by atoms with van der Waals surface area (Å²) < 4.78 is 6.78. The van der Waals surface area contributed by atoms with Gasteiger partial charge in [-0.25, -0.2) is 0 Å². The molecule has 0 bridgehead atoms. The van der Waals surface area contributed by atoms with E-state index in [1.54, 1.807) is 0 Å². The largest absolute Gasteiger partial charge is 1.00 e. The number of hydrogen-bond donors (Lipinski definition) is 2. The second kappa shape index (κ2) is 8.70. The van der Waals surface area contributed by atoms with E-state index in [0.717, 1.165) is 10.7 Å². The average molecular weight is 303 g/mol. The van der Waals surface area contributed by atoms with Crippen molar-refractivity contribution in [1.82, 2.24) is 8.33 Å². The zero-order valence-corrected chi connectivity index (χ0v) is 11.9. The molecule has 7 heteroatoms. The molecule has 0 aromatic carbocycles. The van der Waals surface area contributed by atoms with Crippen LogP contribution in [0.15, 0.2) is 22.5 Å². The molecule has 16 heavy (non-hydrogen) atoms. The SMILES string of the molecule is CC(=O)[NH][V+2]([NH]C(C)=O)[C]1=CC=CC1.[Cl-].[Cl-]. The Bertz CT molecular complexity index is 303. The second-order valence-corrected chi connectivity index (χ2v) is 5.60. The average Bonchev–Trinajstić information content (AvgIpc) is 2.52. The van der Waals surface area contributed by atoms with Gasteiger partial charge in [-0.3, -0.25) is 0 Å². The quantitative estimate of drug-likeness (QED) is 0.547. The van der Waals surface area contributed by atoms with Gasteiger partial charge in [0, 0.05) is 0 Å². The van der Waals surface area contributed by atoms with Gasteiger partial charge >= 0.3 is 88.1 Å². The maximum Gasteiger partial charge on any atom is -1.00 e. The van der Waals surface area contributed by atoms with Gasteiger partial charge in [0.05, 0.1) is 0 Å². The minimum absolute atomic E-state index is 0. The van der Waals surface area contributed by atoms with Crippen molar-refractivity contribution in [2.45, 2.75) is 20.3 Å². The fraction of sp³-hybridized carbons (Fsp3) is 0.333. The van der Waals surface area contributed by atoms with Gasteiger partial charge in [-0.05, 0) is 0 Å². The van der Waals surface area contributed by atoms with Gasteiger partial charge < -0.3 is 24.8 Å². The predicted molar refractivity (Wildman–Crippen MR) is 49.5 cm³/mol. The summed E-state index contributed by atoms with van der Waals surface area (Å²) in [6.07, 6.45) is 6.76. The first-order valence-electron chi connectivity index (χ1n) is 4.30. The fourth-order valence-corrected chi connectivity index (χ4v) is 3.42. The maximum atomic E-state index is 10.9. The number of carbonyl (C=O) groups excluding carboxylic acids is 2. The summed E-state index contributed by atoms with van der Waals surface area (Å²) in [6, 6.07) is 0. The monoisotopic (exact) mass is 302 g/mol. The third kappa shape index (κ3) is 6.23. The maximum absolute atomic E-state index is 10.9. The van der Waals surface area contributed by atoms with Gasteiger partial charge in [0.1, 0.15) is 0 Å². The topological polar surface area (TPSA) is 58.2 Å². The van der Waals surface area contributed by atoms with Crippen molar-refractivity contribution in [2.75, 3.05) is 0 Å². The molecule has 0 spiro atoms. The zero-order chi connectivity index (χ0) is 10.6. The Balaban J connectivity index is 0. The Kier molecular flexibility index (Phi) is 9.77. The number of nitrogens with one attached hydrogen (secondary N) is 2. The first-order valence-corrected chi connectivity index (χ1v) is 6.39. The summed E-state index contributed by atoms with van der Waals surface area (Å²) in [5.74, 6) is -0.182. The number of rotatable bonds is 3. The summed E-state index contributed by atoms with van der Waals surface area (Å²) in [5, 5.41) is 0. The summed E-state index contributed by atoms with van der Waals surface area (Å²) in [7, 11) is 0. The number of amides is 2. The minimum atomic E-state index is -1.87. The van der Waals surface area contributed by atoms with E-state index in [2.05, 4.69) is 8.33 Å². The first kappa shape index (κ1) is 18.0. The molecule has 0 saturated heterocycles. The van der Waals surface area contributed by atoms with Crippen LogP contribution >= 0.6 is 0 Å².